The molecule has 0 radical (unpaired) electrons. The first-order valence-electron chi connectivity index (χ1n) is 9.80. The number of amides is 1. The number of rotatable bonds is 5. The highest BCUT2D eigenvalue weighted by atomic mass is 32.2. The molecule has 15 heteroatoms. The first-order chi connectivity index (χ1) is 15.5. The van der Waals surface area contributed by atoms with E-state index in [0.717, 1.165) is 31.4 Å². The average molecular weight is 513 g/mol. The molecule has 0 N–H and O–H groups in total. The maximum absolute atomic E-state index is 13.2. The number of alkyl halides is 6. The number of halogens is 6. The molecule has 2 unspecified atom stereocenters. The second kappa shape index (κ2) is 7.58. The number of sulfone groups is 1. The molecule has 1 amide bonds. The summed E-state index contributed by atoms with van der Waals surface area (Å²) in [5.41, 5.74) is -1.42. The van der Waals surface area contributed by atoms with E-state index in [0.29, 0.717) is 6.42 Å². The van der Waals surface area contributed by atoms with E-state index in [2.05, 4.69) is 10.1 Å². The molecule has 1 saturated carbocycles. The van der Waals surface area contributed by atoms with Crippen molar-refractivity contribution in [3.05, 3.63) is 35.5 Å². The van der Waals surface area contributed by atoms with E-state index in [1.54, 1.807) is 0 Å². The van der Waals surface area contributed by atoms with Crippen molar-refractivity contribution < 1.29 is 48.8 Å². The van der Waals surface area contributed by atoms with Crippen molar-refractivity contribution in [1.29, 1.82) is 0 Å². The lowest BCUT2D eigenvalue weighted by Crippen LogP contribution is -2.35. The number of fused-ring (bicyclic) bond motifs is 1. The Morgan fingerprint density at radius 2 is 1.94 bits per heavy atom. The Hall–Kier alpha value is -2.84. The third-order valence-electron chi connectivity index (χ3n) is 5.91. The predicted octanol–water partition coefficient (Wildman–Crippen LogP) is 3.24. The largest absolute Gasteiger partial charge is 0.480 e. The maximum Gasteiger partial charge on any atom is 0.455 e. The first-order valence-corrected chi connectivity index (χ1v) is 11.7. The number of aromatic nitrogens is 2. The van der Waals surface area contributed by atoms with Crippen LogP contribution < -0.4 is 4.74 Å². The zero-order chi connectivity index (χ0) is 25.3. The van der Waals surface area contributed by atoms with Crippen molar-refractivity contribution in [3.63, 3.8) is 0 Å². The van der Waals surface area contributed by atoms with Crippen molar-refractivity contribution in [1.82, 2.24) is 15.0 Å². The summed E-state index contributed by atoms with van der Waals surface area (Å²) in [6.07, 6.45) is -10.6. The van der Waals surface area contributed by atoms with Gasteiger partial charge in [0.2, 0.25) is 5.89 Å². The number of carbonyl (C=O) groups excluding carboxylic acids is 1. The van der Waals surface area contributed by atoms with Gasteiger partial charge in [-0.05, 0) is 37.5 Å². The van der Waals surface area contributed by atoms with Gasteiger partial charge in [-0.15, -0.1) is 0 Å². The van der Waals surface area contributed by atoms with Crippen LogP contribution in [0.3, 0.4) is 0 Å². The molecule has 2 heterocycles. The average Bonchev–Trinajstić information content (AvgIpc) is 3.07. The van der Waals surface area contributed by atoms with Crippen LogP contribution in [-0.2, 0) is 21.4 Å². The molecule has 1 saturated heterocycles. The lowest BCUT2D eigenvalue weighted by Gasteiger charge is -2.23. The Morgan fingerprint density at radius 1 is 1.26 bits per heavy atom. The molecule has 1 aromatic carbocycles. The minimum atomic E-state index is -4.82. The normalized spacial score (nSPS) is 23.5. The molecule has 2 aromatic rings. The van der Waals surface area contributed by atoms with E-state index in [9.17, 15) is 39.6 Å². The van der Waals surface area contributed by atoms with Crippen molar-refractivity contribution >= 4 is 15.7 Å². The Morgan fingerprint density at radius 3 is 2.50 bits per heavy atom. The molecule has 2 fully saturated rings. The molecule has 1 aromatic heterocycles. The first kappa shape index (κ1) is 24.3. The van der Waals surface area contributed by atoms with Crippen LogP contribution in [-0.4, -0.2) is 61.0 Å². The molecule has 1 aliphatic carbocycles. The second-order valence-corrected chi connectivity index (χ2v) is 10.4. The summed E-state index contributed by atoms with van der Waals surface area (Å²) in [6.45, 7) is 0.653. The van der Waals surface area contributed by atoms with Gasteiger partial charge in [-0.1, -0.05) is 5.16 Å². The van der Waals surface area contributed by atoms with Gasteiger partial charge in [-0.2, -0.15) is 31.3 Å². The summed E-state index contributed by atoms with van der Waals surface area (Å²) >= 11 is 0. The number of carbonyl (C=O) groups is 1. The van der Waals surface area contributed by atoms with Crippen molar-refractivity contribution in [2.75, 3.05) is 19.3 Å². The molecule has 2 aliphatic rings. The lowest BCUT2D eigenvalue weighted by molar-refractivity contribution is -0.189. The summed E-state index contributed by atoms with van der Waals surface area (Å²) < 4.78 is 111. The van der Waals surface area contributed by atoms with Crippen LogP contribution in [0.5, 0.6) is 5.75 Å². The van der Waals surface area contributed by atoms with Crippen LogP contribution in [0.15, 0.2) is 27.6 Å². The second-order valence-electron chi connectivity index (χ2n) is 8.40. The predicted molar refractivity (Wildman–Crippen MR) is 101 cm³/mol. The minimum absolute atomic E-state index is 0.0555. The fraction of sp³-hybridized carbons (Fsp3) is 0.526. The van der Waals surface area contributed by atoms with Gasteiger partial charge in [0.15, 0.2) is 15.9 Å². The van der Waals surface area contributed by atoms with Crippen LogP contribution in [0, 0.1) is 5.92 Å². The molecule has 3 atom stereocenters. The van der Waals surface area contributed by atoms with Crippen LogP contribution in [0.2, 0.25) is 0 Å². The van der Waals surface area contributed by atoms with E-state index >= 15 is 0 Å². The molecular weight excluding hydrogens is 496 g/mol. The number of hydrogen-bond acceptors (Lipinski definition) is 7. The Bertz CT molecular complexity index is 1240. The highest BCUT2D eigenvalue weighted by molar-refractivity contribution is 7.90. The summed E-state index contributed by atoms with van der Waals surface area (Å²) in [7, 11) is -3.81. The van der Waals surface area contributed by atoms with Gasteiger partial charge >= 0.3 is 12.4 Å². The number of ether oxygens (including phenoxy) is 1. The zero-order valence-corrected chi connectivity index (χ0v) is 18.4. The quantitative estimate of drug-likeness (QED) is 0.566. The van der Waals surface area contributed by atoms with E-state index in [1.807, 2.05) is 0 Å². The third kappa shape index (κ3) is 4.32. The molecule has 34 heavy (non-hydrogen) atoms. The molecule has 1 aliphatic heterocycles. The smallest absolute Gasteiger partial charge is 0.455 e. The molecule has 0 spiro atoms. The van der Waals surface area contributed by atoms with Gasteiger partial charge in [0.05, 0.1) is 15.9 Å². The Kier molecular flexibility index (Phi) is 5.42. The maximum atomic E-state index is 13.2. The molecule has 8 nitrogen and oxygen atoms in total. The summed E-state index contributed by atoms with van der Waals surface area (Å²) in [5.74, 6) is -3.35. The monoisotopic (exact) mass is 513 g/mol. The fourth-order valence-electron chi connectivity index (χ4n) is 3.95. The van der Waals surface area contributed by atoms with Crippen LogP contribution in [0.1, 0.15) is 35.4 Å². The highest BCUT2D eigenvalue weighted by Gasteiger charge is 2.66. The summed E-state index contributed by atoms with van der Waals surface area (Å²) in [4.78, 5) is 17.5. The fourth-order valence-corrected chi connectivity index (χ4v) is 4.59. The van der Waals surface area contributed by atoms with E-state index in [-0.39, 0.29) is 29.8 Å². The molecule has 186 valence electrons. The third-order valence-corrected chi connectivity index (χ3v) is 7.02. The van der Waals surface area contributed by atoms with Crippen LogP contribution >= 0.6 is 0 Å². The summed E-state index contributed by atoms with van der Waals surface area (Å²) in [5, 5.41) is 2.93. The molecule has 4 rings (SSSR count). The van der Waals surface area contributed by atoms with E-state index in [1.165, 1.54) is 4.90 Å². The zero-order valence-electron chi connectivity index (χ0n) is 17.6. The van der Waals surface area contributed by atoms with Crippen molar-refractivity contribution in [3.8, 4) is 5.75 Å². The lowest BCUT2D eigenvalue weighted by atomic mass is 10.1. The van der Waals surface area contributed by atoms with E-state index < -0.39 is 56.8 Å². The Balaban J connectivity index is 1.63. The van der Waals surface area contributed by atoms with Gasteiger partial charge in [0, 0.05) is 19.3 Å². The number of likely N-dealkylation sites (tertiary alicyclic amines) is 1. The number of benzene rings is 1. The summed E-state index contributed by atoms with van der Waals surface area (Å²) in [6, 6.07) is 2.90. The van der Waals surface area contributed by atoms with Gasteiger partial charge in [-0.3, -0.25) is 4.79 Å². The van der Waals surface area contributed by atoms with Crippen LogP contribution in [0.4, 0.5) is 26.3 Å². The Labute approximate surface area is 188 Å². The number of nitrogens with zero attached hydrogens (tertiary/aromatic N) is 3. The number of piperidine rings is 1. The SMILES string of the molecule is C[C@@H](Oc1ccc(S(C)(=O)=O)cc1C(=O)N1CC2CC2(c2nc(C(F)(F)F)no2)C1)C(F)(F)F. The minimum Gasteiger partial charge on any atom is -0.480 e. The van der Waals surface area contributed by atoms with Gasteiger partial charge in [-0.25, -0.2) is 8.42 Å². The van der Waals surface area contributed by atoms with Crippen LogP contribution in [0.25, 0.3) is 0 Å². The van der Waals surface area contributed by atoms with Gasteiger partial charge < -0.3 is 14.2 Å². The standard InChI is InChI=1S/C19H17F6N3O5S/c1-9(18(20,21)22)32-13-4-3-11(34(2,30)31)5-12(13)14(29)28-7-10-6-17(10,8-28)16-26-15(27-33-16)19(23,24)25/h3-5,9-10H,6-8H2,1-2H3/t9-,10?,17?/m1/s1. The topological polar surface area (TPSA) is 103 Å². The van der Waals surface area contributed by atoms with Crippen molar-refractivity contribution in [2.24, 2.45) is 5.92 Å². The molecular formula is C19H17F6N3O5S. The van der Waals surface area contributed by atoms with Crippen molar-refractivity contribution in [2.45, 2.75) is 42.1 Å². The van der Waals surface area contributed by atoms with Gasteiger partial charge in [0.1, 0.15) is 5.75 Å². The van der Waals surface area contributed by atoms with E-state index in [4.69, 9.17) is 9.26 Å². The van der Waals surface area contributed by atoms with Gasteiger partial charge in [0.25, 0.3) is 11.7 Å². The number of hydrogen-bond donors (Lipinski definition) is 0. The molecule has 0 bridgehead atoms. The highest BCUT2D eigenvalue weighted by Crippen LogP contribution is 2.59.